The Bertz CT molecular complexity index is 186. The van der Waals surface area contributed by atoms with Gasteiger partial charge in [-0.1, -0.05) is 0 Å². The van der Waals surface area contributed by atoms with Crippen LogP contribution in [0.1, 0.15) is 13.8 Å². The zero-order chi connectivity index (χ0) is 7.56. The van der Waals surface area contributed by atoms with Crippen LogP contribution in [-0.2, 0) is 0 Å². The smallest absolute Gasteiger partial charge is 0.0628 e. The summed E-state index contributed by atoms with van der Waals surface area (Å²) in [7, 11) is 0. The molecule has 0 bridgehead atoms. The van der Waals surface area contributed by atoms with Crippen LogP contribution in [0.4, 0.5) is 0 Å². The summed E-state index contributed by atoms with van der Waals surface area (Å²) in [5.74, 6) is 0. The molecule has 0 atom stereocenters. The lowest BCUT2D eigenvalue weighted by molar-refractivity contribution is 0.167. The fourth-order valence-electron chi connectivity index (χ4n) is 0.767. The van der Waals surface area contributed by atoms with Gasteiger partial charge < -0.3 is 5.21 Å². The highest BCUT2D eigenvalue weighted by molar-refractivity contribution is 5.93. The van der Waals surface area contributed by atoms with E-state index in [0.29, 0.717) is 0 Å². The number of nitrogens with one attached hydrogen (secondary N) is 2. The molecule has 2 N–H and O–H groups in total. The van der Waals surface area contributed by atoms with Crippen LogP contribution in [0.3, 0.4) is 0 Å². The molecule has 0 saturated heterocycles. The highest BCUT2D eigenvalue weighted by Crippen LogP contribution is 1.97. The minimum Gasteiger partial charge on any atom is -0.767 e. The van der Waals surface area contributed by atoms with Gasteiger partial charge in [0.1, 0.15) is 0 Å². The Morgan fingerprint density at radius 2 is 2.40 bits per heavy atom. The van der Waals surface area contributed by atoms with Crippen molar-refractivity contribution < 1.29 is 0 Å². The van der Waals surface area contributed by atoms with Crippen LogP contribution in [-0.4, -0.2) is 10.9 Å². The third kappa shape index (κ3) is 1.46. The first-order chi connectivity index (χ1) is 4.72. The Labute approximate surface area is 58.9 Å². The van der Waals surface area contributed by atoms with Crippen molar-refractivity contribution >= 4 is 5.71 Å². The molecule has 0 aliphatic carbocycles. The van der Waals surface area contributed by atoms with Crippen LogP contribution < -0.4 is 11.0 Å². The normalized spacial score (nSPS) is 17.7. The maximum atomic E-state index is 10.1. The Hall–Kier alpha value is -1.07. The van der Waals surface area contributed by atoms with E-state index >= 15 is 0 Å². The predicted octanol–water partition coefficient (Wildman–Crippen LogP) is 0.0887. The molecule has 0 spiro atoms. The SMILES string of the molecule is CC1=CC(C)=NN(N[O-])N1. The summed E-state index contributed by atoms with van der Waals surface area (Å²) in [6.07, 6.45) is 1.84. The van der Waals surface area contributed by atoms with E-state index < -0.39 is 0 Å². The number of hydrogen-bond acceptors (Lipinski definition) is 5. The van der Waals surface area contributed by atoms with Gasteiger partial charge in [-0.05, 0) is 19.9 Å². The van der Waals surface area contributed by atoms with E-state index in [1.165, 1.54) is 0 Å². The molecule has 1 heterocycles. The number of hydrazine groups is 2. The maximum Gasteiger partial charge on any atom is 0.0628 e. The summed E-state index contributed by atoms with van der Waals surface area (Å²) in [6, 6.07) is 0. The highest BCUT2D eigenvalue weighted by atomic mass is 16.5. The quantitative estimate of drug-likeness (QED) is 0.508. The standard InChI is InChI=1S/C5H9N4O/c1-4-3-5(2)7-9(6-4)8-10/h3,6,8H,1-2H3/q-1. The van der Waals surface area contributed by atoms with Gasteiger partial charge in [-0.25, -0.2) is 0 Å². The van der Waals surface area contributed by atoms with Gasteiger partial charge in [-0.15, -0.1) is 10.3 Å². The topological polar surface area (TPSA) is 62.7 Å². The van der Waals surface area contributed by atoms with E-state index in [-0.39, 0.29) is 0 Å². The first-order valence-electron chi connectivity index (χ1n) is 2.90. The molecule has 0 amide bonds. The van der Waals surface area contributed by atoms with Crippen LogP contribution in [0.5, 0.6) is 0 Å². The molecule has 1 aliphatic heterocycles. The van der Waals surface area contributed by atoms with Crippen LogP contribution in [0, 0.1) is 5.21 Å². The first-order valence-corrected chi connectivity index (χ1v) is 2.90. The minimum absolute atomic E-state index is 0.791. The van der Waals surface area contributed by atoms with E-state index in [2.05, 4.69) is 10.5 Å². The van der Waals surface area contributed by atoms with Gasteiger partial charge in [0.05, 0.1) is 5.71 Å². The van der Waals surface area contributed by atoms with Crippen molar-refractivity contribution in [3.8, 4) is 0 Å². The second kappa shape index (κ2) is 2.68. The summed E-state index contributed by atoms with van der Waals surface area (Å²) < 4.78 is 0. The molecule has 5 heteroatoms. The number of rotatable bonds is 1. The molecule has 0 aromatic rings. The fraction of sp³-hybridized carbons (Fsp3) is 0.400. The average molecular weight is 141 g/mol. The lowest BCUT2D eigenvalue weighted by Gasteiger charge is -2.27. The Kier molecular flexibility index (Phi) is 1.88. The van der Waals surface area contributed by atoms with Crippen LogP contribution >= 0.6 is 0 Å². The van der Waals surface area contributed by atoms with E-state index in [1.807, 2.05) is 19.9 Å². The number of allylic oxidation sites excluding steroid dienone is 2. The average Bonchev–Trinajstić information content (AvgIpc) is 1.85. The van der Waals surface area contributed by atoms with Crippen LogP contribution in [0.25, 0.3) is 0 Å². The molecular formula is C5H9N4O-. The molecule has 0 unspecified atom stereocenters. The lowest BCUT2D eigenvalue weighted by Crippen LogP contribution is -2.42. The molecule has 0 aromatic carbocycles. The van der Waals surface area contributed by atoms with Crippen molar-refractivity contribution in [1.29, 1.82) is 0 Å². The Balaban J connectivity index is 2.67. The molecule has 1 rings (SSSR count). The number of hydrazone groups is 1. The highest BCUT2D eigenvalue weighted by Gasteiger charge is 2.01. The molecule has 1 aliphatic rings. The van der Waals surface area contributed by atoms with Crippen molar-refractivity contribution in [2.24, 2.45) is 5.10 Å². The third-order valence-corrected chi connectivity index (χ3v) is 1.05. The van der Waals surface area contributed by atoms with Crippen molar-refractivity contribution in [3.63, 3.8) is 0 Å². The second-order valence-electron chi connectivity index (χ2n) is 2.08. The minimum atomic E-state index is 0.791. The van der Waals surface area contributed by atoms with Gasteiger partial charge in [0.25, 0.3) is 0 Å². The van der Waals surface area contributed by atoms with Gasteiger partial charge in [-0.2, -0.15) is 0 Å². The molecule has 0 radical (unpaired) electrons. The summed E-state index contributed by atoms with van der Waals surface area (Å²) in [6.45, 7) is 3.66. The maximum absolute atomic E-state index is 10.1. The van der Waals surface area contributed by atoms with Crippen molar-refractivity contribution in [3.05, 3.63) is 17.0 Å². The number of nitrogens with zero attached hydrogens (tertiary/aromatic N) is 2. The second-order valence-corrected chi connectivity index (χ2v) is 2.08. The van der Waals surface area contributed by atoms with Crippen LogP contribution in [0.2, 0.25) is 0 Å². The summed E-state index contributed by atoms with van der Waals surface area (Å²) in [5, 5.41) is 14.9. The van der Waals surface area contributed by atoms with Gasteiger partial charge in [0, 0.05) is 5.70 Å². The summed E-state index contributed by atoms with van der Waals surface area (Å²) in [4.78, 5) is 0. The lowest BCUT2D eigenvalue weighted by atomic mass is 10.3. The Morgan fingerprint density at radius 1 is 1.70 bits per heavy atom. The molecule has 0 aromatic heterocycles. The monoisotopic (exact) mass is 141 g/mol. The first kappa shape index (κ1) is 7.04. The molecule has 0 fully saturated rings. The van der Waals surface area contributed by atoms with Gasteiger partial charge >= 0.3 is 0 Å². The van der Waals surface area contributed by atoms with Crippen LogP contribution in [0.15, 0.2) is 16.9 Å². The molecule has 10 heavy (non-hydrogen) atoms. The molecular weight excluding hydrogens is 132 g/mol. The molecule has 0 saturated carbocycles. The van der Waals surface area contributed by atoms with Gasteiger partial charge in [0.2, 0.25) is 0 Å². The molecule has 56 valence electrons. The van der Waals surface area contributed by atoms with Gasteiger partial charge in [0.15, 0.2) is 0 Å². The van der Waals surface area contributed by atoms with E-state index in [9.17, 15) is 5.21 Å². The third-order valence-electron chi connectivity index (χ3n) is 1.05. The summed E-state index contributed by atoms with van der Waals surface area (Å²) >= 11 is 0. The zero-order valence-corrected chi connectivity index (χ0v) is 5.88. The van der Waals surface area contributed by atoms with Crippen molar-refractivity contribution in [1.82, 2.24) is 16.2 Å². The molecule has 5 nitrogen and oxygen atoms in total. The van der Waals surface area contributed by atoms with E-state index in [4.69, 9.17) is 0 Å². The Morgan fingerprint density at radius 3 is 2.90 bits per heavy atom. The van der Waals surface area contributed by atoms with E-state index in [0.717, 1.165) is 16.6 Å². The zero-order valence-electron chi connectivity index (χ0n) is 5.88. The van der Waals surface area contributed by atoms with Crippen molar-refractivity contribution in [2.75, 3.05) is 0 Å². The predicted molar refractivity (Wildman–Crippen MR) is 38.3 cm³/mol. The van der Waals surface area contributed by atoms with E-state index in [1.54, 1.807) is 5.59 Å². The largest absolute Gasteiger partial charge is 0.767 e. The fourth-order valence-corrected chi connectivity index (χ4v) is 0.767. The summed E-state index contributed by atoms with van der Waals surface area (Å²) in [5.41, 5.74) is 5.96. The van der Waals surface area contributed by atoms with Gasteiger partial charge in [-0.3, -0.25) is 11.0 Å². The van der Waals surface area contributed by atoms with Crippen molar-refractivity contribution in [2.45, 2.75) is 13.8 Å². The number of hydrogen-bond donors (Lipinski definition) is 2.